The van der Waals surface area contributed by atoms with Crippen molar-refractivity contribution < 1.29 is 9.53 Å². The number of nitrogens with one attached hydrogen (secondary N) is 3. The van der Waals surface area contributed by atoms with Crippen LogP contribution in [-0.4, -0.2) is 37.1 Å². The summed E-state index contributed by atoms with van der Waals surface area (Å²) in [6, 6.07) is 8.34. The van der Waals surface area contributed by atoms with E-state index in [0.717, 1.165) is 17.7 Å². The number of carbonyl (C=O) groups excluding carboxylic acids is 1. The second kappa shape index (κ2) is 8.23. The highest BCUT2D eigenvalue weighted by atomic mass is 16.5. The van der Waals surface area contributed by atoms with E-state index in [9.17, 15) is 4.79 Å². The fraction of sp³-hybridized carbons (Fsp3) is 0.579. The molecule has 0 aliphatic carbocycles. The van der Waals surface area contributed by atoms with Gasteiger partial charge in [-0.25, -0.2) is 0 Å². The summed E-state index contributed by atoms with van der Waals surface area (Å²) >= 11 is 0. The lowest BCUT2D eigenvalue weighted by Crippen LogP contribution is -2.46. The number of ether oxygens (including phenoxy) is 1. The first-order valence-corrected chi connectivity index (χ1v) is 8.85. The second-order valence-corrected chi connectivity index (χ2v) is 7.27. The van der Waals surface area contributed by atoms with E-state index in [1.54, 1.807) is 7.05 Å². The molecule has 25 heavy (non-hydrogen) atoms. The van der Waals surface area contributed by atoms with Crippen LogP contribution in [0.4, 0.5) is 0 Å². The first-order chi connectivity index (χ1) is 11.8. The van der Waals surface area contributed by atoms with Crippen molar-refractivity contribution in [2.24, 2.45) is 4.99 Å². The number of carbonyl (C=O) groups is 1. The smallest absolute Gasteiger partial charge is 0.221 e. The van der Waals surface area contributed by atoms with Gasteiger partial charge in [0.15, 0.2) is 5.96 Å². The first kappa shape index (κ1) is 19.1. The molecule has 0 saturated carbocycles. The van der Waals surface area contributed by atoms with E-state index in [1.807, 2.05) is 32.0 Å². The maximum atomic E-state index is 11.7. The average Bonchev–Trinajstić information content (AvgIpc) is 2.52. The molecule has 1 aromatic rings. The number of aliphatic imine (C=N–C) groups is 1. The third-order valence-electron chi connectivity index (χ3n) is 4.01. The highest BCUT2D eigenvalue weighted by Gasteiger charge is 2.33. The molecule has 6 nitrogen and oxygen atoms in total. The number of hydrogen-bond acceptors (Lipinski definition) is 3. The molecular formula is C19H30N4O2. The van der Waals surface area contributed by atoms with Crippen molar-refractivity contribution in [3.05, 3.63) is 29.8 Å². The van der Waals surface area contributed by atoms with E-state index in [-0.39, 0.29) is 23.6 Å². The Bertz CT molecular complexity index is 626. The van der Waals surface area contributed by atoms with Crippen LogP contribution in [0, 0.1) is 0 Å². The lowest BCUT2D eigenvalue weighted by atomic mass is 9.90. The molecule has 1 heterocycles. The van der Waals surface area contributed by atoms with Gasteiger partial charge in [0, 0.05) is 38.0 Å². The second-order valence-electron chi connectivity index (χ2n) is 7.27. The van der Waals surface area contributed by atoms with Crippen molar-refractivity contribution >= 4 is 11.9 Å². The molecule has 0 bridgehead atoms. The quantitative estimate of drug-likeness (QED) is 0.565. The van der Waals surface area contributed by atoms with Crippen molar-refractivity contribution in [3.63, 3.8) is 0 Å². The monoisotopic (exact) mass is 346 g/mol. The molecule has 0 aromatic heterocycles. The SMILES string of the molecule is CN=C(NCCC(=O)NC(C)C)NC1CC(C)(C)Oc2ccccc21. The molecular weight excluding hydrogens is 316 g/mol. The molecule has 6 heteroatoms. The van der Waals surface area contributed by atoms with Gasteiger partial charge >= 0.3 is 0 Å². The third kappa shape index (κ3) is 5.66. The number of nitrogens with zero attached hydrogens (tertiary/aromatic N) is 1. The number of guanidine groups is 1. The predicted octanol–water partition coefficient (Wildman–Crippen LogP) is 2.37. The maximum absolute atomic E-state index is 11.7. The summed E-state index contributed by atoms with van der Waals surface area (Å²) < 4.78 is 6.06. The van der Waals surface area contributed by atoms with Crippen LogP contribution in [0.3, 0.4) is 0 Å². The molecule has 1 aliphatic heterocycles. The van der Waals surface area contributed by atoms with E-state index in [1.165, 1.54) is 0 Å². The molecule has 1 atom stereocenters. The Balaban J connectivity index is 1.96. The summed E-state index contributed by atoms with van der Waals surface area (Å²) in [7, 11) is 1.74. The van der Waals surface area contributed by atoms with Gasteiger partial charge in [0.1, 0.15) is 11.4 Å². The van der Waals surface area contributed by atoms with E-state index < -0.39 is 0 Å². The molecule has 138 valence electrons. The van der Waals surface area contributed by atoms with E-state index >= 15 is 0 Å². The van der Waals surface area contributed by atoms with Gasteiger partial charge < -0.3 is 20.7 Å². The summed E-state index contributed by atoms with van der Waals surface area (Å²) in [5.74, 6) is 1.63. The number of benzene rings is 1. The molecule has 1 amide bonds. The van der Waals surface area contributed by atoms with Crippen LogP contribution in [-0.2, 0) is 4.79 Å². The van der Waals surface area contributed by atoms with Crippen molar-refractivity contribution in [3.8, 4) is 5.75 Å². The van der Waals surface area contributed by atoms with E-state index in [4.69, 9.17) is 4.74 Å². The Labute approximate surface area is 150 Å². The molecule has 1 aromatic carbocycles. The fourth-order valence-electron chi connectivity index (χ4n) is 2.98. The van der Waals surface area contributed by atoms with E-state index in [2.05, 4.69) is 40.9 Å². The minimum absolute atomic E-state index is 0.0375. The van der Waals surface area contributed by atoms with E-state index in [0.29, 0.717) is 18.9 Å². The zero-order valence-electron chi connectivity index (χ0n) is 15.8. The van der Waals surface area contributed by atoms with Crippen LogP contribution in [0.25, 0.3) is 0 Å². The Morgan fingerprint density at radius 2 is 2.08 bits per heavy atom. The van der Waals surface area contributed by atoms with Gasteiger partial charge in [-0.1, -0.05) is 18.2 Å². The lowest BCUT2D eigenvalue weighted by molar-refractivity contribution is -0.121. The van der Waals surface area contributed by atoms with Crippen LogP contribution in [0.5, 0.6) is 5.75 Å². The predicted molar refractivity (Wildman–Crippen MR) is 101 cm³/mol. The number of para-hydroxylation sites is 1. The van der Waals surface area contributed by atoms with Gasteiger partial charge in [-0.2, -0.15) is 0 Å². The van der Waals surface area contributed by atoms with Crippen molar-refractivity contribution in [1.82, 2.24) is 16.0 Å². The first-order valence-electron chi connectivity index (χ1n) is 8.85. The summed E-state index contributed by atoms with van der Waals surface area (Å²) in [5.41, 5.74) is 0.879. The van der Waals surface area contributed by atoms with Crippen LogP contribution in [0.2, 0.25) is 0 Å². The van der Waals surface area contributed by atoms with Crippen LogP contribution in [0.15, 0.2) is 29.3 Å². The molecule has 1 aliphatic rings. The van der Waals surface area contributed by atoms with Crippen LogP contribution < -0.4 is 20.7 Å². The number of amides is 1. The fourth-order valence-corrected chi connectivity index (χ4v) is 2.98. The Morgan fingerprint density at radius 1 is 1.36 bits per heavy atom. The topological polar surface area (TPSA) is 74.8 Å². The maximum Gasteiger partial charge on any atom is 0.221 e. The number of rotatable bonds is 5. The highest BCUT2D eigenvalue weighted by molar-refractivity contribution is 5.81. The minimum Gasteiger partial charge on any atom is -0.487 e. The Morgan fingerprint density at radius 3 is 2.76 bits per heavy atom. The molecule has 2 rings (SSSR count). The Hall–Kier alpha value is -2.24. The zero-order valence-corrected chi connectivity index (χ0v) is 15.8. The molecule has 0 saturated heterocycles. The van der Waals surface area contributed by atoms with Gasteiger partial charge in [0.2, 0.25) is 5.91 Å². The van der Waals surface area contributed by atoms with Gasteiger partial charge in [-0.15, -0.1) is 0 Å². The van der Waals surface area contributed by atoms with Crippen molar-refractivity contribution in [2.45, 2.75) is 58.2 Å². The summed E-state index contributed by atoms with van der Waals surface area (Å²) in [4.78, 5) is 16.0. The number of fused-ring (bicyclic) bond motifs is 1. The molecule has 1 unspecified atom stereocenters. The van der Waals surface area contributed by atoms with Gasteiger partial charge in [0.25, 0.3) is 0 Å². The van der Waals surface area contributed by atoms with Crippen LogP contribution >= 0.6 is 0 Å². The minimum atomic E-state index is -0.248. The van der Waals surface area contributed by atoms with Gasteiger partial charge in [-0.05, 0) is 33.8 Å². The summed E-state index contributed by atoms with van der Waals surface area (Å²) in [6.07, 6.45) is 1.24. The number of hydrogen-bond donors (Lipinski definition) is 3. The zero-order chi connectivity index (χ0) is 18.4. The van der Waals surface area contributed by atoms with Crippen molar-refractivity contribution in [1.29, 1.82) is 0 Å². The normalized spacial score (nSPS) is 19.0. The summed E-state index contributed by atoms with van der Waals surface area (Å²) in [5, 5.41) is 9.56. The van der Waals surface area contributed by atoms with Crippen molar-refractivity contribution in [2.75, 3.05) is 13.6 Å². The average molecular weight is 346 g/mol. The lowest BCUT2D eigenvalue weighted by Gasteiger charge is -2.38. The standard InChI is InChI=1S/C19H30N4O2/c1-13(2)22-17(24)10-11-21-18(20-5)23-15-12-19(3,4)25-16-9-7-6-8-14(15)16/h6-9,13,15H,10-12H2,1-5H3,(H,22,24)(H2,20,21,23). The van der Waals surface area contributed by atoms with Crippen LogP contribution in [0.1, 0.15) is 52.1 Å². The summed E-state index contributed by atoms with van der Waals surface area (Å²) in [6.45, 7) is 8.62. The molecule has 3 N–H and O–H groups in total. The van der Waals surface area contributed by atoms with Gasteiger partial charge in [-0.3, -0.25) is 9.79 Å². The molecule has 0 fully saturated rings. The van der Waals surface area contributed by atoms with Gasteiger partial charge in [0.05, 0.1) is 6.04 Å². The molecule has 0 spiro atoms. The molecule has 0 radical (unpaired) electrons. The largest absolute Gasteiger partial charge is 0.487 e. The highest BCUT2D eigenvalue weighted by Crippen LogP contribution is 2.39. The third-order valence-corrected chi connectivity index (χ3v) is 4.01. The Kier molecular flexibility index (Phi) is 6.28.